The van der Waals surface area contributed by atoms with Gasteiger partial charge in [-0.2, -0.15) is 28.7 Å². The number of aliphatic hydroxyl groups is 1. The molecule has 0 aliphatic carbocycles. The predicted molar refractivity (Wildman–Crippen MR) is 124 cm³/mol. The van der Waals surface area contributed by atoms with Crippen LogP contribution in [-0.4, -0.2) is 39.2 Å². The van der Waals surface area contributed by atoms with Gasteiger partial charge in [-0.15, -0.1) is 0 Å². The van der Waals surface area contributed by atoms with Crippen LogP contribution in [-0.2, 0) is 11.2 Å². The van der Waals surface area contributed by atoms with Gasteiger partial charge in [0.1, 0.15) is 5.76 Å². The first-order valence-corrected chi connectivity index (χ1v) is 12.3. The Morgan fingerprint density at radius 3 is 2.24 bits per heavy atom. The Morgan fingerprint density at radius 1 is 1.14 bits per heavy atom. The van der Waals surface area contributed by atoms with E-state index in [4.69, 9.17) is 10.3 Å². The number of aromatic amines is 1. The molecule has 1 amide bonds. The highest BCUT2D eigenvalue weighted by Gasteiger charge is 2.21. The highest BCUT2D eigenvalue weighted by atomic mass is 32.2. The van der Waals surface area contributed by atoms with E-state index in [1.54, 1.807) is 0 Å². The summed E-state index contributed by atoms with van der Waals surface area (Å²) in [5.74, 6) is 4.59. The molecule has 0 radical (unpaired) electrons. The molecule has 4 N–H and O–H groups in total. The molecule has 6 nitrogen and oxygen atoms in total. The number of carbonyl (C=O) groups excluding carboxylic acids is 1. The molecule has 29 heavy (non-hydrogen) atoms. The molecule has 1 rings (SSSR count). The molecular weight excluding hydrogens is 408 g/mol. The average molecular weight is 445 g/mol. The molecule has 1 heterocycles. The van der Waals surface area contributed by atoms with Crippen LogP contribution in [0, 0.1) is 10.8 Å². The summed E-state index contributed by atoms with van der Waals surface area (Å²) in [6.07, 6.45) is 5.56. The van der Waals surface area contributed by atoms with Crippen LogP contribution < -0.4 is 11.3 Å². The molecule has 0 saturated heterocycles. The third kappa shape index (κ3) is 12.8. The second-order valence-corrected chi connectivity index (χ2v) is 11.4. The number of nitrogens with two attached hydrogens (primary N) is 1. The second kappa shape index (κ2) is 12.4. The number of H-pyrrole nitrogens is 1. The minimum absolute atomic E-state index is 0.0536. The van der Waals surface area contributed by atoms with Crippen molar-refractivity contribution in [3.8, 4) is 0 Å². The number of hydrogen-bond acceptors (Lipinski definition) is 6. The van der Waals surface area contributed by atoms with E-state index in [0.717, 1.165) is 54.1 Å². The standard InChI is InChI=1S/C21H36N2O4S2/c1-20(2,14-16(24)12-18(22)25)6-10-28-8-5-9-29-11-7-21(3,4)15-17-13-19(26)23-27-17/h12-13,24H,5-11,14-15H2,1-4H3,(H2,22,25)(H,23,26)/b16-12-. The van der Waals surface area contributed by atoms with Gasteiger partial charge in [0.05, 0.1) is 5.76 Å². The van der Waals surface area contributed by atoms with Crippen LogP contribution in [0.1, 0.15) is 59.1 Å². The minimum atomic E-state index is -0.607. The third-order valence-corrected chi connectivity index (χ3v) is 6.76. The summed E-state index contributed by atoms with van der Waals surface area (Å²) in [4.78, 5) is 21.9. The van der Waals surface area contributed by atoms with Crippen molar-refractivity contribution in [3.63, 3.8) is 0 Å². The maximum atomic E-state index is 11.1. The van der Waals surface area contributed by atoms with Crippen LogP contribution in [0.15, 0.2) is 27.2 Å². The molecule has 0 spiro atoms. The number of primary amides is 1. The molecule has 0 fully saturated rings. The summed E-state index contributed by atoms with van der Waals surface area (Å²) in [6, 6.07) is 1.53. The Morgan fingerprint density at radius 2 is 1.72 bits per heavy atom. The van der Waals surface area contributed by atoms with E-state index in [1.807, 2.05) is 23.5 Å². The summed E-state index contributed by atoms with van der Waals surface area (Å²) in [5, 5.41) is 12.1. The van der Waals surface area contributed by atoms with Crippen LogP contribution in [0.4, 0.5) is 0 Å². The lowest BCUT2D eigenvalue weighted by Gasteiger charge is -2.24. The van der Waals surface area contributed by atoms with Crippen molar-refractivity contribution in [2.24, 2.45) is 16.6 Å². The van der Waals surface area contributed by atoms with Crippen molar-refractivity contribution in [2.75, 3.05) is 23.0 Å². The van der Waals surface area contributed by atoms with Gasteiger partial charge in [-0.05, 0) is 53.1 Å². The number of hydrogen-bond donors (Lipinski definition) is 3. The quantitative estimate of drug-likeness (QED) is 0.208. The third-order valence-electron chi connectivity index (χ3n) is 4.62. The maximum Gasteiger partial charge on any atom is 0.280 e. The van der Waals surface area contributed by atoms with Gasteiger partial charge in [0.25, 0.3) is 5.56 Å². The number of aliphatic hydroxyl groups excluding tert-OH is 1. The van der Waals surface area contributed by atoms with Gasteiger partial charge in [0.15, 0.2) is 0 Å². The lowest BCUT2D eigenvalue weighted by molar-refractivity contribution is -0.113. The Bertz CT molecular complexity index is 708. The summed E-state index contributed by atoms with van der Waals surface area (Å²) < 4.78 is 5.16. The van der Waals surface area contributed by atoms with Crippen molar-refractivity contribution in [2.45, 2.75) is 59.8 Å². The number of thioether (sulfide) groups is 2. The van der Waals surface area contributed by atoms with Gasteiger partial charge < -0.3 is 15.4 Å². The van der Waals surface area contributed by atoms with Crippen molar-refractivity contribution in [3.05, 3.63) is 34.0 Å². The predicted octanol–water partition coefficient (Wildman–Crippen LogP) is 4.52. The van der Waals surface area contributed by atoms with Crippen LogP contribution >= 0.6 is 23.5 Å². The van der Waals surface area contributed by atoms with Gasteiger partial charge in [0.2, 0.25) is 5.91 Å². The first kappa shape index (κ1) is 25.8. The van der Waals surface area contributed by atoms with E-state index in [-0.39, 0.29) is 22.1 Å². The Hall–Kier alpha value is -1.28. The zero-order valence-corrected chi connectivity index (χ0v) is 19.7. The molecule has 0 aromatic carbocycles. The fourth-order valence-corrected chi connectivity index (χ4v) is 5.61. The van der Waals surface area contributed by atoms with E-state index in [2.05, 4.69) is 32.9 Å². The zero-order valence-electron chi connectivity index (χ0n) is 18.1. The first-order valence-electron chi connectivity index (χ1n) is 10.0. The monoisotopic (exact) mass is 444 g/mol. The molecule has 0 unspecified atom stereocenters. The minimum Gasteiger partial charge on any atom is -0.512 e. The highest BCUT2D eigenvalue weighted by molar-refractivity contribution is 8.00. The van der Waals surface area contributed by atoms with Crippen molar-refractivity contribution in [1.82, 2.24) is 5.16 Å². The van der Waals surface area contributed by atoms with E-state index in [9.17, 15) is 14.7 Å². The van der Waals surface area contributed by atoms with Crippen LogP contribution in [0.2, 0.25) is 0 Å². The largest absolute Gasteiger partial charge is 0.512 e. The van der Waals surface area contributed by atoms with Crippen LogP contribution in [0.3, 0.4) is 0 Å². The lowest BCUT2D eigenvalue weighted by Crippen LogP contribution is -2.16. The van der Waals surface area contributed by atoms with Crippen molar-refractivity contribution < 1.29 is 14.4 Å². The highest BCUT2D eigenvalue weighted by Crippen LogP contribution is 2.30. The topological polar surface area (TPSA) is 109 Å². The maximum absolute atomic E-state index is 11.1. The number of rotatable bonds is 15. The van der Waals surface area contributed by atoms with Crippen molar-refractivity contribution >= 4 is 29.4 Å². The van der Waals surface area contributed by atoms with E-state index in [0.29, 0.717) is 6.42 Å². The summed E-state index contributed by atoms with van der Waals surface area (Å²) in [5.41, 5.74) is 4.94. The summed E-state index contributed by atoms with van der Waals surface area (Å²) in [7, 11) is 0. The second-order valence-electron chi connectivity index (χ2n) is 8.98. The van der Waals surface area contributed by atoms with Gasteiger partial charge in [0, 0.05) is 25.0 Å². The van der Waals surface area contributed by atoms with Gasteiger partial charge in [-0.25, -0.2) is 0 Å². The first-order chi connectivity index (χ1) is 13.5. The van der Waals surface area contributed by atoms with Gasteiger partial charge in [-0.1, -0.05) is 27.7 Å². The number of amides is 1. The van der Waals surface area contributed by atoms with E-state index < -0.39 is 5.91 Å². The lowest BCUT2D eigenvalue weighted by atomic mass is 9.85. The number of nitrogens with one attached hydrogen (secondary N) is 1. The zero-order chi connectivity index (χ0) is 21.9. The van der Waals surface area contributed by atoms with Crippen LogP contribution in [0.5, 0.6) is 0 Å². The molecule has 166 valence electrons. The Labute approximate surface area is 182 Å². The smallest absolute Gasteiger partial charge is 0.280 e. The molecule has 0 bridgehead atoms. The molecule has 0 aliphatic heterocycles. The van der Waals surface area contributed by atoms with E-state index in [1.165, 1.54) is 12.5 Å². The Kier molecular flexibility index (Phi) is 11.0. The molecule has 1 aromatic rings. The Balaban J connectivity index is 2.08. The molecule has 8 heteroatoms. The van der Waals surface area contributed by atoms with Crippen LogP contribution in [0.25, 0.3) is 0 Å². The molecular formula is C21H36N2O4S2. The van der Waals surface area contributed by atoms with Crippen molar-refractivity contribution in [1.29, 1.82) is 0 Å². The SMILES string of the molecule is CC(C)(CCSCCCSCCC(C)(C)Cc1cc(=O)[nH]o1)C/C(O)=C/C(N)=O. The fraction of sp³-hybridized carbons (Fsp3) is 0.714. The van der Waals surface area contributed by atoms with Gasteiger partial charge in [-0.3, -0.25) is 9.59 Å². The molecule has 0 atom stereocenters. The average Bonchev–Trinajstić information content (AvgIpc) is 2.95. The molecule has 0 saturated carbocycles. The molecule has 1 aromatic heterocycles. The fourth-order valence-electron chi connectivity index (χ4n) is 2.93. The molecule has 0 aliphatic rings. The number of allylic oxidation sites excluding steroid dienone is 1. The number of carbonyl (C=O) groups is 1. The summed E-state index contributed by atoms with van der Waals surface area (Å²) >= 11 is 3.91. The summed E-state index contributed by atoms with van der Waals surface area (Å²) in [6.45, 7) is 8.59. The van der Waals surface area contributed by atoms with E-state index >= 15 is 0 Å². The number of aromatic nitrogens is 1. The normalized spacial score (nSPS) is 13.0. The van der Waals surface area contributed by atoms with Gasteiger partial charge >= 0.3 is 0 Å².